The van der Waals surface area contributed by atoms with E-state index >= 15 is 0 Å². The van der Waals surface area contributed by atoms with Gasteiger partial charge in [-0.15, -0.1) is 0 Å². The van der Waals surface area contributed by atoms with Crippen LogP contribution in [0.5, 0.6) is 34.5 Å². The van der Waals surface area contributed by atoms with Crippen LogP contribution in [0.4, 0.5) is 11.4 Å². The second kappa shape index (κ2) is 18.1. The van der Waals surface area contributed by atoms with Gasteiger partial charge in [0.15, 0.2) is 12.6 Å². The average Bonchev–Trinajstić information content (AvgIpc) is 3.28. The zero-order valence-electron chi connectivity index (χ0n) is 34.3. The van der Waals surface area contributed by atoms with E-state index in [4.69, 9.17) is 9.47 Å². The van der Waals surface area contributed by atoms with Gasteiger partial charge in [-0.1, -0.05) is 66.7 Å². The van der Waals surface area contributed by atoms with Gasteiger partial charge < -0.3 is 39.7 Å². The van der Waals surface area contributed by atoms with Crippen LogP contribution in [0.25, 0.3) is 0 Å². The summed E-state index contributed by atoms with van der Waals surface area (Å²) in [5, 5.41) is 40.3. The fourth-order valence-corrected chi connectivity index (χ4v) is 8.50. The van der Waals surface area contributed by atoms with E-state index in [1.165, 1.54) is 12.1 Å². The highest BCUT2D eigenvalue weighted by molar-refractivity contribution is 5.86. The number of fused-ring (bicyclic) bond motifs is 4. The molecule has 2 atom stereocenters. The van der Waals surface area contributed by atoms with Crippen molar-refractivity contribution in [1.29, 1.82) is 0 Å². The third-order valence-corrected chi connectivity index (χ3v) is 11.6. The summed E-state index contributed by atoms with van der Waals surface area (Å²) in [4.78, 5) is 27.7. The van der Waals surface area contributed by atoms with E-state index in [1.54, 1.807) is 12.1 Å². The van der Waals surface area contributed by atoms with E-state index in [2.05, 4.69) is 61.8 Å². The summed E-state index contributed by atoms with van der Waals surface area (Å²) >= 11 is 0. The van der Waals surface area contributed by atoms with E-state index in [0.717, 1.165) is 82.1 Å². The Hall–Kier alpha value is -6.62. The van der Waals surface area contributed by atoms with Gasteiger partial charge in [-0.25, -0.2) is 0 Å². The van der Waals surface area contributed by atoms with Crippen molar-refractivity contribution < 1.29 is 39.5 Å². The topological polar surface area (TPSA) is 140 Å². The smallest absolute Gasteiger partial charge is 0.157 e. The van der Waals surface area contributed by atoms with E-state index in [-0.39, 0.29) is 47.7 Å². The molecule has 308 valence electrons. The van der Waals surface area contributed by atoms with Gasteiger partial charge in [0.05, 0.1) is 24.3 Å². The van der Waals surface area contributed by atoms with Crippen LogP contribution in [-0.2, 0) is 13.2 Å². The minimum atomic E-state index is -0.225. The van der Waals surface area contributed by atoms with Crippen molar-refractivity contribution in [2.24, 2.45) is 0 Å². The molecular formula is C50H50N2O8. The number of benzene rings is 6. The molecule has 0 aliphatic carbocycles. The molecule has 0 saturated heterocycles. The number of hydrogen-bond acceptors (Lipinski definition) is 10. The predicted molar refractivity (Wildman–Crippen MR) is 234 cm³/mol. The van der Waals surface area contributed by atoms with Crippen LogP contribution in [0.1, 0.15) is 105 Å². The van der Waals surface area contributed by atoms with Gasteiger partial charge in [0.25, 0.3) is 0 Å². The second-order valence-electron chi connectivity index (χ2n) is 14.7. The van der Waals surface area contributed by atoms with Crippen molar-refractivity contribution in [3.8, 4) is 34.5 Å². The SMILES string of the molecule is CCN(CC)c1ccc2c(c1)Oc1c(ccc(O)c1C=O)C2c1ccccc1CO.CCN(CC)c1ccc2c(c1)Oc1cc(O)c(C=O)cc1C2c1ccccc1CO. The molecule has 4 N–H and O–H groups in total. The molecule has 2 unspecified atom stereocenters. The van der Waals surface area contributed by atoms with E-state index < -0.39 is 0 Å². The normalized spacial score (nSPS) is 14.4. The van der Waals surface area contributed by atoms with Gasteiger partial charge in [-0.2, -0.15) is 0 Å². The van der Waals surface area contributed by atoms with Gasteiger partial charge in [0, 0.05) is 89.8 Å². The van der Waals surface area contributed by atoms with E-state index in [0.29, 0.717) is 35.6 Å². The quantitative estimate of drug-likeness (QED) is 0.0883. The number of nitrogens with zero attached hydrogens (tertiary/aromatic N) is 2. The third kappa shape index (κ3) is 7.67. The van der Waals surface area contributed by atoms with Crippen LogP contribution in [0.2, 0.25) is 0 Å². The molecule has 0 bridgehead atoms. The Morgan fingerprint density at radius 1 is 0.517 bits per heavy atom. The van der Waals surface area contributed by atoms with Crippen LogP contribution < -0.4 is 19.3 Å². The lowest BCUT2D eigenvalue weighted by Gasteiger charge is -2.32. The van der Waals surface area contributed by atoms with Crippen LogP contribution in [0.3, 0.4) is 0 Å². The molecule has 10 nitrogen and oxygen atoms in total. The number of aliphatic hydroxyl groups is 2. The van der Waals surface area contributed by atoms with Crippen molar-refractivity contribution >= 4 is 23.9 Å². The molecule has 0 amide bonds. The average molecular weight is 807 g/mol. The van der Waals surface area contributed by atoms with Crippen molar-refractivity contribution in [3.63, 3.8) is 0 Å². The zero-order valence-corrected chi connectivity index (χ0v) is 34.3. The summed E-state index contributed by atoms with van der Waals surface area (Å²) in [6.45, 7) is 11.7. The summed E-state index contributed by atoms with van der Waals surface area (Å²) in [6, 6.07) is 34.2. The van der Waals surface area contributed by atoms with Crippen molar-refractivity contribution in [2.75, 3.05) is 36.0 Å². The second-order valence-corrected chi connectivity index (χ2v) is 14.7. The number of ether oxygens (including phenoxy) is 2. The van der Waals surface area contributed by atoms with Crippen molar-refractivity contribution in [2.45, 2.75) is 52.7 Å². The maximum absolute atomic E-state index is 11.8. The van der Waals surface area contributed by atoms with Crippen LogP contribution in [-0.4, -0.2) is 59.2 Å². The molecule has 60 heavy (non-hydrogen) atoms. The molecule has 6 aromatic rings. The molecule has 0 fully saturated rings. The number of carbonyl (C=O) groups excluding carboxylic acids is 2. The Morgan fingerprint density at radius 3 is 1.50 bits per heavy atom. The standard InChI is InChI=1S/2C25H25NO4/c1-3-26(4-2)18-9-10-20-23(12-18)30-24-13-22(29)17(15-28)11-21(24)25(20)19-8-6-5-7-16(19)14-27;1-3-26(4-2)17-9-10-19-23(13-17)30-25-20(11-12-22(29)21(25)15-28)24(19)18-8-6-5-7-16(18)14-27/h5-13,15,25,27,29H,3-4,14H2,1-2H3;5-13,15,24,27,29H,3-4,14H2,1-2H3. The molecule has 0 saturated carbocycles. The largest absolute Gasteiger partial charge is 0.507 e. The molecule has 2 aliphatic rings. The molecule has 2 aliphatic heterocycles. The minimum absolute atomic E-state index is 0.0889. The first-order chi connectivity index (χ1) is 29.2. The summed E-state index contributed by atoms with van der Waals surface area (Å²) in [6.07, 6.45) is 1.27. The summed E-state index contributed by atoms with van der Waals surface area (Å²) < 4.78 is 12.4. The fourth-order valence-electron chi connectivity index (χ4n) is 8.50. The molecular weight excluding hydrogens is 757 g/mol. The Labute approximate surface area is 350 Å². The fraction of sp³-hybridized carbons (Fsp3) is 0.240. The summed E-state index contributed by atoms with van der Waals surface area (Å²) in [7, 11) is 0. The number of aldehydes is 2. The number of phenolic OH excluding ortho intramolecular Hbond substituents is 2. The molecule has 8 rings (SSSR count). The lowest BCUT2D eigenvalue weighted by atomic mass is 9.80. The maximum Gasteiger partial charge on any atom is 0.157 e. The minimum Gasteiger partial charge on any atom is -0.507 e. The van der Waals surface area contributed by atoms with Gasteiger partial charge in [0.2, 0.25) is 0 Å². The number of hydrogen-bond donors (Lipinski definition) is 4. The zero-order chi connectivity index (χ0) is 42.5. The van der Waals surface area contributed by atoms with Crippen LogP contribution >= 0.6 is 0 Å². The van der Waals surface area contributed by atoms with Gasteiger partial charge >= 0.3 is 0 Å². The Morgan fingerprint density at radius 2 is 1.00 bits per heavy atom. The van der Waals surface area contributed by atoms with Gasteiger partial charge in [-0.3, -0.25) is 9.59 Å². The number of phenols is 2. The number of aliphatic hydroxyl groups excluding tert-OH is 2. The number of carbonyl (C=O) groups is 2. The molecule has 2 heterocycles. The highest BCUT2D eigenvalue weighted by Crippen LogP contribution is 2.52. The molecule has 0 aromatic heterocycles. The van der Waals surface area contributed by atoms with E-state index in [1.807, 2.05) is 60.7 Å². The van der Waals surface area contributed by atoms with Crippen LogP contribution in [0, 0.1) is 0 Å². The highest BCUT2D eigenvalue weighted by Gasteiger charge is 2.34. The molecule has 0 spiro atoms. The number of anilines is 2. The molecule has 10 heteroatoms. The van der Waals surface area contributed by atoms with Crippen molar-refractivity contribution in [1.82, 2.24) is 0 Å². The Kier molecular flexibility index (Phi) is 12.5. The first-order valence-corrected chi connectivity index (χ1v) is 20.4. The first-order valence-electron chi connectivity index (χ1n) is 20.4. The third-order valence-electron chi connectivity index (χ3n) is 11.6. The highest BCUT2D eigenvalue weighted by atomic mass is 16.5. The Balaban J connectivity index is 0.000000181. The number of aromatic hydroxyl groups is 2. The maximum atomic E-state index is 11.8. The molecule has 6 aromatic carbocycles. The molecule has 0 radical (unpaired) electrons. The van der Waals surface area contributed by atoms with Crippen LogP contribution in [0.15, 0.2) is 109 Å². The van der Waals surface area contributed by atoms with Gasteiger partial charge in [-0.05, 0) is 74.2 Å². The lowest BCUT2D eigenvalue weighted by Crippen LogP contribution is -2.22. The number of rotatable bonds is 12. The predicted octanol–water partition coefficient (Wildman–Crippen LogP) is 9.66. The van der Waals surface area contributed by atoms with E-state index in [9.17, 15) is 30.0 Å². The Bertz CT molecular complexity index is 2470. The monoisotopic (exact) mass is 806 g/mol. The van der Waals surface area contributed by atoms with Gasteiger partial charge in [0.1, 0.15) is 34.5 Å². The van der Waals surface area contributed by atoms with Crippen molar-refractivity contribution in [3.05, 3.63) is 165 Å². The summed E-state index contributed by atoms with van der Waals surface area (Å²) in [5.41, 5.74) is 9.47. The lowest BCUT2D eigenvalue weighted by molar-refractivity contribution is 0.111. The summed E-state index contributed by atoms with van der Waals surface area (Å²) in [5.74, 6) is 1.57. The first kappa shape index (κ1) is 41.5.